The number of aromatic nitrogens is 1. The van der Waals surface area contributed by atoms with Gasteiger partial charge in [0.2, 0.25) is 0 Å². The van der Waals surface area contributed by atoms with Crippen LogP contribution in [0.15, 0.2) is 34.9 Å². The number of hydrogen-bond acceptors (Lipinski definition) is 4. The summed E-state index contributed by atoms with van der Waals surface area (Å²) in [5.74, 6) is 0.602. The molecule has 0 spiro atoms. The number of nitrogens with zero attached hydrogens (tertiary/aromatic N) is 1. The highest BCUT2D eigenvalue weighted by Gasteiger charge is 2.14. The summed E-state index contributed by atoms with van der Waals surface area (Å²) in [4.78, 5) is 15.8. The quantitative estimate of drug-likeness (QED) is 0.835. The molecule has 94 valence electrons. The Morgan fingerprint density at radius 1 is 1.56 bits per heavy atom. The largest absolute Gasteiger partial charge is 0.467 e. The van der Waals surface area contributed by atoms with Crippen molar-refractivity contribution in [3.8, 4) is 0 Å². The maximum absolute atomic E-state index is 12.0. The lowest BCUT2D eigenvalue weighted by atomic mass is 10.2. The van der Waals surface area contributed by atoms with Crippen LogP contribution in [-0.4, -0.2) is 10.9 Å². The predicted molar refractivity (Wildman–Crippen MR) is 68.2 cm³/mol. The number of nitrogen functional groups attached to an aromatic ring is 1. The first kappa shape index (κ1) is 12.4. The monoisotopic (exact) mass is 265 g/mol. The summed E-state index contributed by atoms with van der Waals surface area (Å²) in [5, 5.41) is 2.96. The van der Waals surface area contributed by atoms with E-state index >= 15 is 0 Å². The third-order valence-corrected chi connectivity index (χ3v) is 2.59. The van der Waals surface area contributed by atoms with Crippen molar-refractivity contribution in [2.45, 2.75) is 13.0 Å². The van der Waals surface area contributed by atoms with Crippen LogP contribution in [0.5, 0.6) is 0 Å². The molecule has 2 rings (SSSR count). The molecule has 2 heterocycles. The van der Waals surface area contributed by atoms with Crippen molar-refractivity contribution in [2.24, 2.45) is 0 Å². The van der Waals surface area contributed by atoms with Crippen molar-refractivity contribution in [1.82, 2.24) is 10.3 Å². The summed E-state index contributed by atoms with van der Waals surface area (Å²) in [5.41, 5.74) is 5.90. The molecule has 1 atom stereocenters. The van der Waals surface area contributed by atoms with Gasteiger partial charge in [-0.3, -0.25) is 4.79 Å². The second-order valence-corrected chi connectivity index (χ2v) is 4.20. The van der Waals surface area contributed by atoms with Gasteiger partial charge in [-0.1, -0.05) is 11.6 Å². The summed E-state index contributed by atoms with van der Waals surface area (Å²) >= 11 is 5.74. The van der Waals surface area contributed by atoms with Crippen molar-refractivity contribution in [3.63, 3.8) is 0 Å². The number of rotatable bonds is 3. The summed E-state index contributed by atoms with van der Waals surface area (Å²) < 4.78 is 5.20. The van der Waals surface area contributed by atoms with Crippen LogP contribution < -0.4 is 11.1 Å². The topological polar surface area (TPSA) is 81.2 Å². The van der Waals surface area contributed by atoms with E-state index in [4.69, 9.17) is 21.8 Å². The Bertz CT molecular complexity index is 534. The SMILES string of the molecule is CC(NC(=O)c1cc(N)nc(Cl)c1)c1ccco1. The van der Waals surface area contributed by atoms with Gasteiger partial charge in [0, 0.05) is 5.56 Å². The zero-order valence-corrected chi connectivity index (χ0v) is 10.4. The molecule has 6 heteroatoms. The average molecular weight is 266 g/mol. The van der Waals surface area contributed by atoms with Crippen LogP contribution in [0.4, 0.5) is 5.82 Å². The first-order valence-corrected chi connectivity index (χ1v) is 5.71. The van der Waals surface area contributed by atoms with Crippen molar-refractivity contribution in [3.05, 3.63) is 47.0 Å². The highest BCUT2D eigenvalue weighted by molar-refractivity contribution is 6.29. The van der Waals surface area contributed by atoms with Crippen LogP contribution in [0.2, 0.25) is 5.15 Å². The van der Waals surface area contributed by atoms with Crippen LogP contribution >= 0.6 is 11.6 Å². The first-order chi connectivity index (χ1) is 8.56. The van der Waals surface area contributed by atoms with Gasteiger partial charge in [0.05, 0.1) is 12.3 Å². The molecule has 0 radical (unpaired) electrons. The Balaban J connectivity index is 2.12. The van der Waals surface area contributed by atoms with E-state index in [1.165, 1.54) is 12.1 Å². The molecule has 3 N–H and O–H groups in total. The Morgan fingerprint density at radius 2 is 2.33 bits per heavy atom. The summed E-state index contributed by atoms with van der Waals surface area (Å²) in [6.45, 7) is 1.82. The highest BCUT2D eigenvalue weighted by atomic mass is 35.5. The third kappa shape index (κ3) is 2.81. The van der Waals surface area contributed by atoms with Crippen LogP contribution in [-0.2, 0) is 0 Å². The van der Waals surface area contributed by atoms with E-state index in [1.807, 2.05) is 6.92 Å². The lowest BCUT2D eigenvalue weighted by molar-refractivity contribution is 0.0935. The maximum Gasteiger partial charge on any atom is 0.252 e. The predicted octanol–water partition coefficient (Wildman–Crippen LogP) is 2.40. The van der Waals surface area contributed by atoms with Gasteiger partial charge in [-0.05, 0) is 31.2 Å². The molecule has 0 aromatic carbocycles. The fourth-order valence-electron chi connectivity index (χ4n) is 1.54. The second kappa shape index (κ2) is 5.10. The highest BCUT2D eigenvalue weighted by Crippen LogP contribution is 2.15. The van der Waals surface area contributed by atoms with E-state index in [2.05, 4.69) is 10.3 Å². The van der Waals surface area contributed by atoms with Gasteiger partial charge in [-0.15, -0.1) is 0 Å². The van der Waals surface area contributed by atoms with Gasteiger partial charge < -0.3 is 15.5 Å². The zero-order valence-electron chi connectivity index (χ0n) is 9.68. The van der Waals surface area contributed by atoms with Gasteiger partial charge in [-0.2, -0.15) is 0 Å². The summed E-state index contributed by atoms with van der Waals surface area (Å²) in [7, 11) is 0. The molecule has 5 nitrogen and oxygen atoms in total. The Hall–Kier alpha value is -2.01. The molecule has 0 bridgehead atoms. The van der Waals surface area contributed by atoms with E-state index in [1.54, 1.807) is 18.4 Å². The smallest absolute Gasteiger partial charge is 0.252 e. The third-order valence-electron chi connectivity index (χ3n) is 2.39. The molecule has 0 fully saturated rings. The summed E-state index contributed by atoms with van der Waals surface area (Å²) in [6.07, 6.45) is 1.55. The normalized spacial score (nSPS) is 12.1. The Kier molecular flexibility index (Phi) is 3.53. The Labute approximate surface area is 109 Å². The van der Waals surface area contributed by atoms with Crippen molar-refractivity contribution in [2.75, 3.05) is 5.73 Å². The van der Waals surface area contributed by atoms with E-state index in [0.717, 1.165) is 0 Å². The van der Waals surface area contributed by atoms with Crippen molar-refractivity contribution < 1.29 is 9.21 Å². The minimum absolute atomic E-state index is 0.186. The fraction of sp³-hybridized carbons (Fsp3) is 0.167. The lowest BCUT2D eigenvalue weighted by Gasteiger charge is -2.11. The van der Waals surface area contributed by atoms with Crippen LogP contribution in [0.3, 0.4) is 0 Å². The number of carbonyl (C=O) groups is 1. The minimum atomic E-state index is -0.282. The van der Waals surface area contributed by atoms with Crippen LogP contribution in [0.25, 0.3) is 0 Å². The molecule has 2 aromatic heterocycles. The number of pyridine rings is 1. The fourth-order valence-corrected chi connectivity index (χ4v) is 1.75. The van der Waals surface area contributed by atoms with Gasteiger partial charge in [-0.25, -0.2) is 4.98 Å². The number of anilines is 1. The molecule has 0 aliphatic carbocycles. The molecule has 1 amide bonds. The van der Waals surface area contributed by atoms with E-state index in [9.17, 15) is 4.79 Å². The van der Waals surface area contributed by atoms with Crippen molar-refractivity contribution >= 4 is 23.3 Å². The number of furan rings is 1. The van der Waals surface area contributed by atoms with Gasteiger partial charge in [0.1, 0.15) is 16.7 Å². The molecule has 18 heavy (non-hydrogen) atoms. The molecule has 0 saturated heterocycles. The van der Waals surface area contributed by atoms with E-state index < -0.39 is 0 Å². The molecule has 0 aliphatic rings. The molecule has 0 saturated carbocycles. The van der Waals surface area contributed by atoms with Crippen LogP contribution in [0, 0.1) is 0 Å². The average Bonchev–Trinajstić information content (AvgIpc) is 2.80. The minimum Gasteiger partial charge on any atom is -0.467 e. The number of nitrogens with one attached hydrogen (secondary N) is 1. The van der Waals surface area contributed by atoms with Gasteiger partial charge in [0.25, 0.3) is 5.91 Å². The molecule has 2 aromatic rings. The van der Waals surface area contributed by atoms with E-state index in [-0.39, 0.29) is 22.9 Å². The van der Waals surface area contributed by atoms with Gasteiger partial charge in [0.15, 0.2) is 0 Å². The Morgan fingerprint density at radius 3 is 2.94 bits per heavy atom. The maximum atomic E-state index is 12.0. The lowest BCUT2D eigenvalue weighted by Crippen LogP contribution is -2.26. The molecule has 0 aliphatic heterocycles. The second-order valence-electron chi connectivity index (χ2n) is 3.81. The number of hydrogen-bond donors (Lipinski definition) is 2. The number of amides is 1. The van der Waals surface area contributed by atoms with Crippen LogP contribution in [0.1, 0.15) is 29.1 Å². The molecular formula is C12H12ClN3O2. The van der Waals surface area contributed by atoms with Crippen molar-refractivity contribution in [1.29, 1.82) is 0 Å². The zero-order chi connectivity index (χ0) is 13.1. The molecular weight excluding hydrogens is 254 g/mol. The first-order valence-electron chi connectivity index (χ1n) is 5.33. The van der Waals surface area contributed by atoms with E-state index in [0.29, 0.717) is 11.3 Å². The number of nitrogens with two attached hydrogens (primary N) is 1. The number of carbonyl (C=O) groups excluding carboxylic acids is 1. The summed E-state index contributed by atoms with van der Waals surface area (Å²) in [6, 6.07) is 6.25. The molecule has 1 unspecified atom stereocenters. The number of halogens is 1. The van der Waals surface area contributed by atoms with Gasteiger partial charge >= 0.3 is 0 Å². The standard InChI is InChI=1S/C12H12ClN3O2/c1-7(9-3-2-4-18-9)15-12(17)8-5-10(13)16-11(14)6-8/h2-7H,1H3,(H2,14,16)(H,15,17).